The Hall–Kier alpha value is -2.12. The minimum Gasteiger partial charge on any atom is -0.497 e. The molecule has 0 radical (unpaired) electrons. The highest BCUT2D eigenvalue weighted by Gasteiger charge is 2.35. The van der Waals surface area contributed by atoms with Crippen LogP contribution < -0.4 is 14.8 Å². The molecule has 7 heteroatoms. The molecule has 1 aromatic heterocycles. The van der Waals surface area contributed by atoms with Crippen LogP contribution in [0.1, 0.15) is 22.6 Å². The van der Waals surface area contributed by atoms with Gasteiger partial charge in [-0.25, -0.2) is 4.98 Å². The summed E-state index contributed by atoms with van der Waals surface area (Å²) < 4.78 is 11.0. The van der Waals surface area contributed by atoms with E-state index in [1.54, 1.807) is 19.4 Å². The van der Waals surface area contributed by atoms with Crippen molar-refractivity contribution in [2.45, 2.75) is 18.9 Å². The Kier molecular flexibility index (Phi) is 4.59. The van der Waals surface area contributed by atoms with Crippen molar-refractivity contribution in [2.75, 3.05) is 26.7 Å². The molecule has 2 aromatic rings. The number of nitrogens with one attached hydrogen (secondary N) is 1. The van der Waals surface area contributed by atoms with E-state index in [4.69, 9.17) is 9.47 Å². The molecule has 1 atom stereocenters. The monoisotopic (exact) mass is 359 g/mol. The maximum absolute atomic E-state index is 12.5. The lowest BCUT2D eigenvalue weighted by Crippen LogP contribution is -2.57. The number of methoxy groups -OCH3 is 1. The maximum Gasteiger partial charge on any atom is 0.280 e. The molecule has 4 heterocycles. The van der Waals surface area contributed by atoms with Gasteiger partial charge in [0.1, 0.15) is 11.5 Å². The predicted octanol–water partition coefficient (Wildman–Crippen LogP) is 2.77. The Morgan fingerprint density at radius 2 is 2.12 bits per heavy atom. The molecule has 0 aliphatic carbocycles. The second kappa shape index (κ2) is 7.01. The lowest BCUT2D eigenvalue weighted by molar-refractivity contribution is 0.0620. The Morgan fingerprint density at radius 3 is 2.84 bits per heavy atom. The molecule has 0 unspecified atom stereocenters. The van der Waals surface area contributed by atoms with Crippen LogP contribution in [0.2, 0.25) is 0 Å². The predicted molar refractivity (Wildman–Crippen MR) is 95.6 cm³/mol. The summed E-state index contributed by atoms with van der Waals surface area (Å²) in [5.74, 6) is 1.88. The molecule has 1 N–H and O–H groups in total. The highest BCUT2D eigenvalue weighted by Crippen LogP contribution is 2.31. The van der Waals surface area contributed by atoms with Gasteiger partial charge in [0.15, 0.2) is 5.01 Å². The number of carbonyl (C=O) groups excluding carboxylic acids is 1. The SMILES string of the molecule is COc1cccc(Oc2cnc(C(=O)N[C@H]3CN4CCC3CC4)s2)c1. The number of thiazole rings is 1. The fourth-order valence-electron chi connectivity index (χ4n) is 3.55. The molecule has 1 aromatic carbocycles. The number of carbonyl (C=O) groups is 1. The van der Waals surface area contributed by atoms with Gasteiger partial charge < -0.3 is 19.7 Å². The second-order valence-electron chi connectivity index (χ2n) is 6.48. The van der Waals surface area contributed by atoms with Crippen molar-refractivity contribution in [1.29, 1.82) is 0 Å². The molecule has 132 valence electrons. The highest BCUT2D eigenvalue weighted by atomic mass is 32.1. The molecule has 0 saturated carbocycles. The third-order valence-electron chi connectivity index (χ3n) is 4.91. The molecule has 25 heavy (non-hydrogen) atoms. The summed E-state index contributed by atoms with van der Waals surface area (Å²) in [5.41, 5.74) is 0. The molecule has 3 saturated heterocycles. The number of amides is 1. The van der Waals surface area contributed by atoms with Crippen LogP contribution in [0.3, 0.4) is 0 Å². The zero-order chi connectivity index (χ0) is 17.2. The summed E-state index contributed by atoms with van der Waals surface area (Å²) in [4.78, 5) is 19.1. The van der Waals surface area contributed by atoms with Crippen LogP contribution in [0.25, 0.3) is 0 Å². The lowest BCUT2D eigenvalue weighted by Gasteiger charge is -2.44. The van der Waals surface area contributed by atoms with Crippen LogP contribution in [-0.2, 0) is 0 Å². The smallest absolute Gasteiger partial charge is 0.280 e. The van der Waals surface area contributed by atoms with Crippen molar-refractivity contribution in [2.24, 2.45) is 5.92 Å². The average molecular weight is 359 g/mol. The Bertz CT molecular complexity index is 756. The standard InChI is InChI=1S/C18H21N3O3S/c1-23-13-3-2-4-14(9-13)24-16-10-19-18(25-16)17(22)20-15-11-21-7-5-12(15)6-8-21/h2-4,9-10,12,15H,5-8,11H2,1H3,(H,20,22)/t15-/m0/s1. The van der Waals surface area contributed by atoms with Crippen LogP contribution in [0.4, 0.5) is 0 Å². The van der Waals surface area contributed by atoms with E-state index < -0.39 is 0 Å². The van der Waals surface area contributed by atoms with E-state index in [2.05, 4.69) is 15.2 Å². The fraction of sp³-hybridized carbons (Fsp3) is 0.444. The average Bonchev–Trinajstić information content (AvgIpc) is 3.11. The van der Waals surface area contributed by atoms with E-state index in [-0.39, 0.29) is 11.9 Å². The summed E-state index contributed by atoms with van der Waals surface area (Å²) in [5, 5.41) is 4.18. The number of hydrogen-bond acceptors (Lipinski definition) is 6. The third-order valence-corrected chi connectivity index (χ3v) is 5.79. The normalized spacial score (nSPS) is 24.8. The maximum atomic E-state index is 12.5. The van der Waals surface area contributed by atoms with Crippen molar-refractivity contribution in [3.8, 4) is 16.6 Å². The van der Waals surface area contributed by atoms with E-state index >= 15 is 0 Å². The quantitative estimate of drug-likeness (QED) is 0.889. The van der Waals surface area contributed by atoms with Crippen molar-refractivity contribution < 1.29 is 14.3 Å². The van der Waals surface area contributed by atoms with Gasteiger partial charge in [-0.1, -0.05) is 17.4 Å². The number of piperidine rings is 3. The number of benzene rings is 1. The van der Waals surface area contributed by atoms with Gasteiger partial charge in [0.2, 0.25) is 5.06 Å². The molecule has 3 fully saturated rings. The van der Waals surface area contributed by atoms with Crippen LogP contribution in [-0.4, -0.2) is 48.6 Å². The Balaban J connectivity index is 1.39. The van der Waals surface area contributed by atoms with E-state index in [0.29, 0.717) is 21.7 Å². The number of aromatic nitrogens is 1. The van der Waals surface area contributed by atoms with Gasteiger partial charge in [-0.3, -0.25) is 4.79 Å². The largest absolute Gasteiger partial charge is 0.497 e. The number of nitrogens with zero attached hydrogens (tertiary/aromatic N) is 2. The summed E-state index contributed by atoms with van der Waals surface area (Å²) in [6, 6.07) is 7.59. The van der Waals surface area contributed by atoms with E-state index in [9.17, 15) is 4.79 Å². The van der Waals surface area contributed by atoms with Gasteiger partial charge in [-0.15, -0.1) is 0 Å². The Labute approximate surface area is 150 Å². The topological polar surface area (TPSA) is 63.7 Å². The lowest BCUT2D eigenvalue weighted by atomic mass is 9.84. The number of hydrogen-bond donors (Lipinski definition) is 1. The first kappa shape index (κ1) is 16.4. The minimum absolute atomic E-state index is 0.107. The molecule has 2 bridgehead atoms. The zero-order valence-electron chi connectivity index (χ0n) is 14.1. The van der Waals surface area contributed by atoms with Crippen LogP contribution in [0, 0.1) is 5.92 Å². The molecule has 3 aliphatic heterocycles. The van der Waals surface area contributed by atoms with E-state index in [1.165, 1.54) is 24.2 Å². The van der Waals surface area contributed by atoms with Gasteiger partial charge in [-0.05, 0) is 44.0 Å². The summed E-state index contributed by atoms with van der Waals surface area (Å²) in [7, 11) is 1.61. The van der Waals surface area contributed by atoms with E-state index in [1.807, 2.05) is 18.2 Å². The molecule has 6 nitrogen and oxygen atoms in total. The molecule has 1 amide bonds. The number of fused-ring (bicyclic) bond motifs is 3. The number of ether oxygens (including phenoxy) is 2. The van der Waals surface area contributed by atoms with Gasteiger partial charge in [0.05, 0.1) is 13.3 Å². The molecule has 5 rings (SSSR count). The van der Waals surface area contributed by atoms with Crippen molar-refractivity contribution >= 4 is 17.2 Å². The second-order valence-corrected chi connectivity index (χ2v) is 7.48. The van der Waals surface area contributed by atoms with Crippen LogP contribution >= 0.6 is 11.3 Å². The molecular weight excluding hydrogens is 338 g/mol. The highest BCUT2D eigenvalue weighted by molar-refractivity contribution is 7.15. The first-order chi connectivity index (χ1) is 12.2. The van der Waals surface area contributed by atoms with Gasteiger partial charge in [0.25, 0.3) is 5.91 Å². The summed E-state index contributed by atoms with van der Waals surface area (Å²) in [6.07, 6.45) is 3.94. The minimum atomic E-state index is -0.107. The van der Waals surface area contributed by atoms with Crippen molar-refractivity contribution in [1.82, 2.24) is 15.2 Å². The third kappa shape index (κ3) is 3.62. The zero-order valence-corrected chi connectivity index (χ0v) is 14.9. The fourth-order valence-corrected chi connectivity index (χ4v) is 4.24. The van der Waals surface area contributed by atoms with Gasteiger partial charge >= 0.3 is 0 Å². The van der Waals surface area contributed by atoms with Crippen LogP contribution in [0.5, 0.6) is 16.6 Å². The first-order valence-corrected chi connectivity index (χ1v) is 9.34. The molecule has 3 aliphatic rings. The van der Waals surface area contributed by atoms with Crippen molar-refractivity contribution in [3.63, 3.8) is 0 Å². The number of rotatable bonds is 5. The van der Waals surface area contributed by atoms with Gasteiger partial charge in [0, 0.05) is 18.7 Å². The van der Waals surface area contributed by atoms with Crippen LogP contribution in [0.15, 0.2) is 30.5 Å². The van der Waals surface area contributed by atoms with E-state index in [0.717, 1.165) is 25.4 Å². The molecular formula is C18H21N3O3S. The summed E-state index contributed by atoms with van der Waals surface area (Å²) >= 11 is 1.26. The summed E-state index contributed by atoms with van der Waals surface area (Å²) in [6.45, 7) is 3.27. The van der Waals surface area contributed by atoms with Gasteiger partial charge in [-0.2, -0.15) is 0 Å². The molecule has 0 spiro atoms. The van der Waals surface area contributed by atoms with Crippen molar-refractivity contribution in [3.05, 3.63) is 35.5 Å². The first-order valence-electron chi connectivity index (χ1n) is 8.52. The Morgan fingerprint density at radius 1 is 1.32 bits per heavy atom.